The molecule has 0 saturated heterocycles. The molecule has 1 aliphatic rings. The van der Waals surface area contributed by atoms with Crippen LogP contribution in [0.1, 0.15) is 63.4 Å². The number of rotatable bonds is 6. The number of hydrogen-bond donors (Lipinski definition) is 1. The third-order valence-electron chi connectivity index (χ3n) is 6.28. The highest BCUT2D eigenvalue weighted by Gasteiger charge is 2.48. The van der Waals surface area contributed by atoms with E-state index < -0.39 is 30.0 Å². The Labute approximate surface area is 197 Å². The van der Waals surface area contributed by atoms with Gasteiger partial charge in [0.2, 0.25) is 0 Å². The molecule has 8 nitrogen and oxygen atoms in total. The van der Waals surface area contributed by atoms with E-state index in [0.717, 1.165) is 12.8 Å². The summed E-state index contributed by atoms with van der Waals surface area (Å²) in [6, 6.07) is 6.98. The van der Waals surface area contributed by atoms with Crippen LogP contribution in [-0.4, -0.2) is 54.3 Å². The molecule has 176 valence electrons. The first-order valence-electron chi connectivity index (χ1n) is 10.6. The van der Waals surface area contributed by atoms with Gasteiger partial charge in [0.1, 0.15) is 11.2 Å². The van der Waals surface area contributed by atoms with Crippen LogP contribution in [0.5, 0.6) is 0 Å². The number of methoxy groups -OCH3 is 1. The molecule has 0 aliphatic heterocycles. The van der Waals surface area contributed by atoms with Gasteiger partial charge in [-0.2, -0.15) is 0 Å². The zero-order valence-corrected chi connectivity index (χ0v) is 19.9. The third kappa shape index (κ3) is 4.39. The van der Waals surface area contributed by atoms with Crippen molar-refractivity contribution in [3.63, 3.8) is 0 Å². The number of H-pyrrole nitrogens is 1. The van der Waals surface area contributed by atoms with Crippen LogP contribution in [-0.2, 0) is 24.6 Å². The van der Waals surface area contributed by atoms with E-state index in [0.29, 0.717) is 34.7 Å². The number of carbonyl (C=O) groups is 4. The highest BCUT2D eigenvalue weighted by molar-refractivity contribution is 6.31. The molecule has 1 aliphatic carbocycles. The number of aryl methyl sites for hydroxylation is 1. The van der Waals surface area contributed by atoms with Crippen molar-refractivity contribution < 1.29 is 28.7 Å². The van der Waals surface area contributed by atoms with E-state index in [-0.39, 0.29) is 17.0 Å². The number of Topliss-reactive ketones (excluding diaryl/α,β-unsaturated/α-hetero) is 1. The average Bonchev–Trinajstić information content (AvgIpc) is 3.11. The molecule has 0 bridgehead atoms. The molecule has 33 heavy (non-hydrogen) atoms. The number of carbonyl (C=O) groups excluding carboxylic acids is 4. The number of esters is 2. The Balaban J connectivity index is 1.82. The topological polar surface area (TPSA) is 106 Å². The van der Waals surface area contributed by atoms with Crippen molar-refractivity contribution in [2.24, 2.45) is 0 Å². The molecule has 0 radical (unpaired) electrons. The van der Waals surface area contributed by atoms with Crippen LogP contribution in [0, 0.1) is 13.8 Å². The minimum Gasteiger partial charge on any atom is -0.465 e. The second-order valence-corrected chi connectivity index (χ2v) is 8.52. The van der Waals surface area contributed by atoms with Crippen LogP contribution in [0.25, 0.3) is 0 Å². The van der Waals surface area contributed by atoms with Crippen LogP contribution in [0.2, 0.25) is 5.02 Å². The van der Waals surface area contributed by atoms with Crippen LogP contribution >= 0.6 is 11.6 Å². The Morgan fingerprint density at radius 1 is 1.15 bits per heavy atom. The van der Waals surface area contributed by atoms with Gasteiger partial charge in [0.15, 0.2) is 12.4 Å². The Bertz CT molecular complexity index is 1110. The standard InChI is InChI=1S/C24H27ClN2O6/c1-14-20(22(30)32-4)15(2)26-21(14)23(31)33-13-19(29)27(3)24(12-8-7-11-18(24)28)16-9-5-6-10-17(16)25/h5-6,9-10,26H,7-8,11-13H2,1-4H3/t24-/m0/s1. The molecule has 1 aromatic carbocycles. The maximum atomic E-state index is 13.1. The number of benzene rings is 1. The fraction of sp³-hybridized carbons (Fsp3) is 0.417. The Morgan fingerprint density at radius 2 is 1.85 bits per heavy atom. The normalized spacial score (nSPS) is 18.0. The third-order valence-corrected chi connectivity index (χ3v) is 6.61. The quantitative estimate of drug-likeness (QED) is 0.639. The Hall–Kier alpha value is -3.13. The van der Waals surface area contributed by atoms with Crippen LogP contribution in [0.3, 0.4) is 0 Å². The first-order valence-corrected chi connectivity index (χ1v) is 11.0. The van der Waals surface area contributed by atoms with Gasteiger partial charge in [0, 0.05) is 29.7 Å². The summed E-state index contributed by atoms with van der Waals surface area (Å²) < 4.78 is 10.00. The predicted molar refractivity (Wildman–Crippen MR) is 121 cm³/mol. The van der Waals surface area contributed by atoms with E-state index in [9.17, 15) is 19.2 Å². The predicted octanol–water partition coefficient (Wildman–Crippen LogP) is 3.73. The molecule has 0 spiro atoms. The van der Waals surface area contributed by atoms with Crippen LogP contribution < -0.4 is 0 Å². The number of aromatic amines is 1. The molecule has 3 rings (SSSR count). The maximum absolute atomic E-state index is 13.1. The SMILES string of the molecule is COC(=O)c1c(C)[nH]c(C(=O)OCC(=O)N(C)[C@]2(c3ccccc3Cl)CCCCC2=O)c1C. The smallest absolute Gasteiger partial charge is 0.355 e. The molecule has 1 aromatic heterocycles. The lowest BCUT2D eigenvalue weighted by Gasteiger charge is -2.43. The number of halogens is 1. The summed E-state index contributed by atoms with van der Waals surface area (Å²) in [5.41, 5.74) is 0.505. The van der Waals surface area contributed by atoms with Gasteiger partial charge in [-0.25, -0.2) is 9.59 Å². The Morgan fingerprint density at radius 3 is 2.48 bits per heavy atom. The highest BCUT2D eigenvalue weighted by atomic mass is 35.5. The molecule has 0 unspecified atom stereocenters. The summed E-state index contributed by atoms with van der Waals surface area (Å²) >= 11 is 6.42. The fourth-order valence-corrected chi connectivity index (χ4v) is 4.79. The first kappa shape index (κ1) is 24.5. The second-order valence-electron chi connectivity index (χ2n) is 8.12. The summed E-state index contributed by atoms with van der Waals surface area (Å²) in [7, 11) is 2.78. The minimum atomic E-state index is -1.21. The lowest BCUT2D eigenvalue weighted by Crippen LogP contribution is -2.55. The summed E-state index contributed by atoms with van der Waals surface area (Å²) in [6.45, 7) is 2.66. The lowest BCUT2D eigenvalue weighted by molar-refractivity contribution is -0.150. The van der Waals surface area contributed by atoms with Crippen molar-refractivity contribution in [1.29, 1.82) is 0 Å². The minimum absolute atomic E-state index is 0.0675. The van der Waals surface area contributed by atoms with E-state index >= 15 is 0 Å². The number of hydrogen-bond acceptors (Lipinski definition) is 6. The van der Waals surface area contributed by atoms with Crippen LogP contribution in [0.4, 0.5) is 0 Å². The number of ether oxygens (including phenoxy) is 2. The monoisotopic (exact) mass is 474 g/mol. The van der Waals surface area contributed by atoms with Gasteiger partial charge in [-0.15, -0.1) is 0 Å². The van der Waals surface area contributed by atoms with Crippen molar-refractivity contribution in [2.45, 2.75) is 45.1 Å². The van der Waals surface area contributed by atoms with Gasteiger partial charge in [0.05, 0.1) is 12.7 Å². The Kier molecular flexibility index (Phi) is 7.27. The largest absolute Gasteiger partial charge is 0.465 e. The molecule has 2 aromatic rings. The lowest BCUT2D eigenvalue weighted by atomic mass is 9.74. The fourth-order valence-electron chi connectivity index (χ4n) is 4.50. The van der Waals surface area contributed by atoms with Crippen molar-refractivity contribution in [3.05, 3.63) is 57.4 Å². The number of aromatic nitrogens is 1. The average molecular weight is 475 g/mol. The number of amides is 1. The number of nitrogens with zero attached hydrogens (tertiary/aromatic N) is 1. The molecular weight excluding hydrogens is 448 g/mol. The highest BCUT2D eigenvalue weighted by Crippen LogP contribution is 2.42. The van der Waals surface area contributed by atoms with Gasteiger partial charge < -0.3 is 19.4 Å². The van der Waals surface area contributed by atoms with Crippen molar-refractivity contribution in [1.82, 2.24) is 9.88 Å². The van der Waals surface area contributed by atoms with Crippen molar-refractivity contribution in [2.75, 3.05) is 20.8 Å². The molecular formula is C24H27ClN2O6. The first-order chi connectivity index (χ1) is 15.6. The van der Waals surface area contributed by atoms with Gasteiger partial charge >= 0.3 is 11.9 Å². The summed E-state index contributed by atoms with van der Waals surface area (Å²) in [5, 5.41) is 0.400. The number of nitrogens with one attached hydrogen (secondary N) is 1. The van der Waals surface area contributed by atoms with E-state index in [2.05, 4.69) is 4.98 Å². The van der Waals surface area contributed by atoms with E-state index in [1.165, 1.54) is 19.1 Å². The second kappa shape index (κ2) is 9.79. The summed E-state index contributed by atoms with van der Waals surface area (Å²) in [6.07, 6.45) is 2.27. The molecule has 1 N–H and O–H groups in total. The van der Waals surface area contributed by atoms with E-state index in [1.807, 2.05) is 0 Å². The zero-order chi connectivity index (χ0) is 24.3. The summed E-state index contributed by atoms with van der Waals surface area (Å²) in [4.78, 5) is 55.0. The maximum Gasteiger partial charge on any atom is 0.355 e. The molecule has 1 fully saturated rings. The molecule has 1 atom stereocenters. The molecule has 1 heterocycles. The molecule has 9 heteroatoms. The zero-order valence-electron chi connectivity index (χ0n) is 19.1. The van der Waals surface area contributed by atoms with Gasteiger partial charge in [-0.1, -0.05) is 29.8 Å². The summed E-state index contributed by atoms with van der Waals surface area (Å²) in [5.74, 6) is -1.99. The molecule has 1 amide bonds. The van der Waals surface area contributed by atoms with E-state index in [4.69, 9.17) is 21.1 Å². The number of likely N-dealkylation sites (N-methyl/N-ethyl adjacent to an activating group) is 1. The van der Waals surface area contributed by atoms with Gasteiger partial charge in [-0.05, 0) is 44.7 Å². The van der Waals surface area contributed by atoms with Gasteiger partial charge in [0.25, 0.3) is 5.91 Å². The van der Waals surface area contributed by atoms with Crippen molar-refractivity contribution in [3.8, 4) is 0 Å². The molecule has 1 saturated carbocycles. The number of ketones is 1. The van der Waals surface area contributed by atoms with Crippen LogP contribution in [0.15, 0.2) is 24.3 Å². The van der Waals surface area contributed by atoms with Crippen molar-refractivity contribution >= 4 is 35.2 Å². The van der Waals surface area contributed by atoms with Gasteiger partial charge in [-0.3, -0.25) is 9.59 Å². The van der Waals surface area contributed by atoms with E-state index in [1.54, 1.807) is 38.1 Å².